The van der Waals surface area contributed by atoms with E-state index in [1.54, 1.807) is 0 Å². The Morgan fingerprint density at radius 1 is 0.252 bits per heavy atom. The van der Waals surface area contributed by atoms with Crippen LogP contribution in [0.1, 0.15) is 109 Å². The zero-order valence-electron chi connectivity index (χ0n) is 60.9. The number of anilines is 5. The van der Waals surface area contributed by atoms with Crippen LogP contribution in [0.15, 0.2) is 376 Å². The summed E-state index contributed by atoms with van der Waals surface area (Å²) in [7, 11) is 0. The molecule has 4 aliphatic carbocycles. The van der Waals surface area contributed by atoms with Gasteiger partial charge in [0.1, 0.15) is 0 Å². The molecule has 536 valence electrons. The molecule has 0 saturated heterocycles. The predicted molar refractivity (Wildman–Crippen MR) is 478 cm³/mol. The Bertz CT molecular complexity index is 6430. The second kappa shape index (κ2) is 27.8. The van der Waals surface area contributed by atoms with E-state index in [0.717, 1.165) is 33.5 Å². The first-order valence-electron chi connectivity index (χ1n) is 37.7. The van der Waals surface area contributed by atoms with Crippen LogP contribution in [-0.2, 0) is 21.7 Å². The van der Waals surface area contributed by atoms with Crippen molar-refractivity contribution in [3.8, 4) is 44.5 Å². The smallest absolute Gasteiger partial charge is 0.0719 e. The standard InChI is InChI=1S/C52H37NS.C40H27ClS.C12H11N.2CH4/c1-51(2)43-23-11-13-25-45(43)52(46-26-14-12-24-44(46)51)42-22-10-9-20-39(42)50-38(21-15-27-47(50)52)34-28-30-48-40(32-34)41-33-37(29-31-49(41)54-48)53(35-16-5-3-6-17-35)36-18-7-4-8-19-36;1-39(2)31-13-5-7-15-33(31)40(34-16-8-6-14-32(34)39)30-12-4-3-10-27(30)38-26(11-9-17-35(38)40)24-18-20-36-28(22-24)29-23-25(41)19-21-37(29)42-36;1-3-7-11(8-4-1)13-12-9-5-2-6-10-12;;/h3-33H,1-2H3;3-23H,1-2H3;1-10,13H;2*1H4. The number of rotatable bonds is 7. The quantitative estimate of drug-likeness (QED) is 0.171. The summed E-state index contributed by atoms with van der Waals surface area (Å²) in [5, 5.41) is 9.16. The van der Waals surface area contributed by atoms with E-state index in [0.29, 0.717) is 0 Å². The molecule has 2 nitrogen and oxygen atoms in total. The lowest BCUT2D eigenvalue weighted by atomic mass is 9.55. The number of para-hydroxylation sites is 4. The molecule has 2 spiro atoms. The largest absolute Gasteiger partial charge is 0.356 e. The summed E-state index contributed by atoms with van der Waals surface area (Å²) >= 11 is 10.2. The van der Waals surface area contributed by atoms with Crippen molar-refractivity contribution < 1.29 is 0 Å². The number of nitrogens with one attached hydrogen (secondary N) is 1. The van der Waals surface area contributed by atoms with E-state index >= 15 is 0 Å². The molecule has 22 rings (SSSR count). The Hall–Kier alpha value is -12.2. The lowest BCUT2D eigenvalue weighted by Gasteiger charge is -2.46. The molecule has 5 heteroatoms. The Kier molecular flexibility index (Phi) is 17.6. The molecule has 0 bridgehead atoms. The normalized spacial score (nSPS) is 14.0. The monoisotopic (exact) mass is 1480 g/mol. The summed E-state index contributed by atoms with van der Waals surface area (Å²) in [6, 6.07) is 138. The molecule has 0 saturated carbocycles. The highest BCUT2D eigenvalue weighted by molar-refractivity contribution is 7.26. The molecule has 4 aliphatic rings. The third-order valence-electron chi connectivity index (χ3n) is 23.8. The van der Waals surface area contributed by atoms with Crippen molar-refractivity contribution in [2.24, 2.45) is 0 Å². The molecule has 0 amide bonds. The van der Waals surface area contributed by atoms with E-state index in [2.05, 4.69) is 347 Å². The number of hydrogen-bond donors (Lipinski definition) is 1. The van der Waals surface area contributed by atoms with Gasteiger partial charge < -0.3 is 10.2 Å². The molecule has 16 aromatic carbocycles. The average molecular weight is 1480 g/mol. The minimum absolute atomic E-state index is 0. The average Bonchev–Trinajstić information content (AvgIpc) is 1.60. The van der Waals surface area contributed by atoms with E-state index in [4.69, 9.17) is 11.6 Å². The van der Waals surface area contributed by atoms with Crippen LogP contribution < -0.4 is 10.2 Å². The minimum Gasteiger partial charge on any atom is -0.356 e. The van der Waals surface area contributed by atoms with Crippen LogP contribution in [-0.4, -0.2) is 0 Å². The fourth-order valence-electron chi connectivity index (χ4n) is 19.1. The summed E-state index contributed by atoms with van der Waals surface area (Å²) in [6.07, 6.45) is 0. The fraction of sp³-hybridized carbons (Fsp3) is 0.0943. The fourth-order valence-corrected chi connectivity index (χ4v) is 21.4. The number of halogens is 1. The van der Waals surface area contributed by atoms with Gasteiger partial charge in [-0.25, -0.2) is 0 Å². The van der Waals surface area contributed by atoms with Crippen molar-refractivity contribution in [2.45, 2.75) is 64.2 Å². The number of nitrogens with zero attached hydrogens (tertiary/aromatic N) is 1. The van der Waals surface area contributed by atoms with Gasteiger partial charge in [-0.1, -0.05) is 321 Å². The van der Waals surface area contributed by atoms with Crippen LogP contribution in [0.2, 0.25) is 5.02 Å². The lowest BCUT2D eigenvalue weighted by Crippen LogP contribution is -2.40. The Morgan fingerprint density at radius 3 is 0.946 bits per heavy atom. The van der Waals surface area contributed by atoms with Gasteiger partial charge in [-0.15, -0.1) is 22.7 Å². The van der Waals surface area contributed by atoms with Gasteiger partial charge in [0.05, 0.1) is 10.8 Å². The van der Waals surface area contributed by atoms with Crippen LogP contribution in [0, 0.1) is 0 Å². The first kappa shape index (κ1) is 70.5. The number of benzene rings is 16. The van der Waals surface area contributed by atoms with Gasteiger partial charge in [-0.05, 0) is 220 Å². The molecule has 2 aromatic heterocycles. The van der Waals surface area contributed by atoms with Gasteiger partial charge >= 0.3 is 0 Å². The van der Waals surface area contributed by atoms with Crippen LogP contribution in [0.4, 0.5) is 28.4 Å². The number of hydrogen-bond acceptors (Lipinski definition) is 4. The molecule has 0 fully saturated rings. The maximum atomic E-state index is 6.46. The molecular weight excluding hydrogens is 1400 g/mol. The third kappa shape index (κ3) is 11.0. The lowest BCUT2D eigenvalue weighted by molar-refractivity contribution is 0.563. The Morgan fingerprint density at radius 2 is 0.550 bits per heavy atom. The molecule has 0 radical (unpaired) electrons. The highest BCUT2D eigenvalue weighted by Gasteiger charge is 2.55. The summed E-state index contributed by atoms with van der Waals surface area (Å²) in [6.45, 7) is 9.53. The second-order valence-corrected chi connectivity index (χ2v) is 32.9. The van der Waals surface area contributed by atoms with Crippen molar-refractivity contribution >= 4 is 103 Å². The van der Waals surface area contributed by atoms with Gasteiger partial charge in [0, 0.05) is 84.6 Å². The molecule has 0 aliphatic heterocycles. The van der Waals surface area contributed by atoms with Gasteiger partial charge in [-0.2, -0.15) is 0 Å². The first-order chi connectivity index (χ1) is 53.5. The zero-order valence-corrected chi connectivity index (χ0v) is 63.3. The highest BCUT2D eigenvalue weighted by atomic mass is 35.5. The molecule has 111 heavy (non-hydrogen) atoms. The van der Waals surface area contributed by atoms with E-state index < -0.39 is 5.41 Å². The number of thiophene rings is 2. The van der Waals surface area contributed by atoms with Crippen molar-refractivity contribution in [3.05, 3.63) is 448 Å². The van der Waals surface area contributed by atoms with E-state index in [9.17, 15) is 0 Å². The van der Waals surface area contributed by atoms with Gasteiger partial charge in [0.25, 0.3) is 0 Å². The maximum absolute atomic E-state index is 6.46. The van der Waals surface area contributed by atoms with Crippen molar-refractivity contribution in [2.75, 3.05) is 10.2 Å². The summed E-state index contributed by atoms with van der Waals surface area (Å²) in [5.74, 6) is 0. The van der Waals surface area contributed by atoms with Crippen molar-refractivity contribution in [1.29, 1.82) is 0 Å². The SMILES string of the molecule is C.C.CC1(C)c2ccccc2C2(c3ccccc3-c3c(-c4ccc5sc6ccc(Cl)cc6c5c4)cccc32)c2ccccc21.CC1(C)c2ccccc2C2(c3ccccc3-c3c(-c4ccc5sc6ccc(N(c7ccccc7)c7ccccc7)cc6c5c4)cccc32)c2ccccc21.c1ccc(Nc2ccccc2)cc1. The second-order valence-electron chi connectivity index (χ2n) is 30.3. The van der Waals surface area contributed by atoms with Crippen molar-refractivity contribution in [1.82, 2.24) is 0 Å². The minimum atomic E-state index is -0.406. The number of fused-ring (bicyclic) bond motifs is 24. The molecule has 2 heterocycles. The predicted octanol–water partition coefficient (Wildman–Crippen LogP) is 30.3. The summed E-state index contributed by atoms with van der Waals surface area (Å²) < 4.78 is 5.16. The van der Waals surface area contributed by atoms with Crippen LogP contribution >= 0.6 is 34.3 Å². The molecule has 1 N–H and O–H groups in total. The van der Waals surface area contributed by atoms with Crippen LogP contribution in [0.3, 0.4) is 0 Å². The van der Waals surface area contributed by atoms with E-state index in [1.807, 2.05) is 89.4 Å². The Balaban J connectivity index is 0.000000134. The van der Waals surface area contributed by atoms with Crippen LogP contribution in [0.5, 0.6) is 0 Å². The first-order valence-corrected chi connectivity index (χ1v) is 39.7. The summed E-state index contributed by atoms with van der Waals surface area (Å²) in [5.41, 5.74) is 31.7. The van der Waals surface area contributed by atoms with E-state index in [1.165, 1.54) is 152 Å². The summed E-state index contributed by atoms with van der Waals surface area (Å²) in [4.78, 5) is 2.36. The van der Waals surface area contributed by atoms with E-state index in [-0.39, 0.29) is 31.1 Å². The van der Waals surface area contributed by atoms with Gasteiger partial charge in [0.2, 0.25) is 0 Å². The molecular formula is C106H83ClN2S2. The molecule has 0 atom stereocenters. The third-order valence-corrected chi connectivity index (χ3v) is 26.3. The van der Waals surface area contributed by atoms with Gasteiger partial charge in [0.15, 0.2) is 0 Å². The zero-order chi connectivity index (χ0) is 73.2. The Labute approximate surface area is 664 Å². The maximum Gasteiger partial charge on any atom is 0.0719 e. The molecule has 0 unspecified atom stereocenters. The van der Waals surface area contributed by atoms with Gasteiger partial charge in [-0.3, -0.25) is 0 Å². The highest BCUT2D eigenvalue weighted by Crippen LogP contribution is 2.66. The molecule has 18 aromatic rings. The van der Waals surface area contributed by atoms with Crippen LogP contribution in [0.25, 0.3) is 84.9 Å². The van der Waals surface area contributed by atoms with Crippen molar-refractivity contribution in [3.63, 3.8) is 0 Å². The topological polar surface area (TPSA) is 15.3 Å².